The summed E-state index contributed by atoms with van der Waals surface area (Å²) < 4.78 is 0. The third-order valence-electron chi connectivity index (χ3n) is 4.78. The number of hydrogen-bond acceptors (Lipinski definition) is 2. The number of benzene rings is 2. The van der Waals surface area contributed by atoms with Crippen molar-refractivity contribution in [3.8, 4) is 0 Å². The molecule has 0 radical (unpaired) electrons. The summed E-state index contributed by atoms with van der Waals surface area (Å²) in [5, 5.41) is 8.92. The van der Waals surface area contributed by atoms with Gasteiger partial charge < -0.3 is 16.0 Å². The summed E-state index contributed by atoms with van der Waals surface area (Å²) in [7, 11) is 0. The maximum Gasteiger partial charge on any atom is 0.319 e. The maximum atomic E-state index is 12.5. The molecule has 1 saturated carbocycles. The number of carbonyl (C=O) groups is 2. The fraction of sp³-hybridized carbons (Fsp3) is 0.364. The Morgan fingerprint density at radius 3 is 2.07 bits per heavy atom. The van der Waals surface area contributed by atoms with E-state index in [0.29, 0.717) is 11.3 Å². The van der Waals surface area contributed by atoms with Gasteiger partial charge in [0.05, 0.1) is 5.54 Å². The Bertz CT molecular complexity index is 804. The molecule has 0 bridgehead atoms. The molecule has 3 amide bonds. The molecule has 0 aromatic heterocycles. The van der Waals surface area contributed by atoms with Gasteiger partial charge in [0.1, 0.15) is 0 Å². The van der Waals surface area contributed by atoms with Gasteiger partial charge in [-0.3, -0.25) is 4.79 Å². The first kappa shape index (κ1) is 19.0. The Morgan fingerprint density at radius 1 is 0.926 bits per heavy atom. The number of anilines is 1. The second-order valence-electron chi connectivity index (χ2n) is 8.16. The molecule has 0 unspecified atom stereocenters. The summed E-state index contributed by atoms with van der Waals surface area (Å²) >= 11 is 0. The quantitative estimate of drug-likeness (QED) is 0.751. The van der Waals surface area contributed by atoms with Crippen LogP contribution in [0.4, 0.5) is 10.5 Å². The predicted molar refractivity (Wildman–Crippen MR) is 108 cm³/mol. The highest BCUT2D eigenvalue weighted by Gasteiger charge is 2.39. The molecular formula is C22H27N3O2. The Labute approximate surface area is 160 Å². The molecule has 1 fully saturated rings. The van der Waals surface area contributed by atoms with Crippen molar-refractivity contribution in [1.82, 2.24) is 10.6 Å². The van der Waals surface area contributed by atoms with Crippen molar-refractivity contribution < 1.29 is 9.59 Å². The molecule has 5 heteroatoms. The van der Waals surface area contributed by atoms with Gasteiger partial charge in [0.15, 0.2) is 0 Å². The Kier molecular flexibility index (Phi) is 5.22. The summed E-state index contributed by atoms with van der Waals surface area (Å²) in [5.41, 5.74) is 1.79. The minimum Gasteiger partial charge on any atom is -0.347 e. The van der Waals surface area contributed by atoms with E-state index in [2.05, 4.69) is 28.1 Å². The van der Waals surface area contributed by atoms with E-state index in [9.17, 15) is 9.59 Å². The molecule has 0 atom stereocenters. The molecule has 0 spiro atoms. The van der Waals surface area contributed by atoms with Gasteiger partial charge in [-0.15, -0.1) is 0 Å². The summed E-state index contributed by atoms with van der Waals surface area (Å²) in [4.78, 5) is 24.7. The van der Waals surface area contributed by atoms with Gasteiger partial charge in [-0.25, -0.2) is 4.79 Å². The molecule has 2 aromatic carbocycles. The fourth-order valence-corrected chi connectivity index (χ4v) is 3.27. The van der Waals surface area contributed by atoms with E-state index in [4.69, 9.17) is 0 Å². The molecule has 27 heavy (non-hydrogen) atoms. The molecule has 0 aliphatic heterocycles. The smallest absolute Gasteiger partial charge is 0.319 e. The van der Waals surface area contributed by atoms with E-state index in [1.54, 1.807) is 24.3 Å². The molecule has 3 N–H and O–H groups in total. The monoisotopic (exact) mass is 365 g/mol. The lowest BCUT2D eigenvalue weighted by Crippen LogP contribution is -2.52. The number of carbonyl (C=O) groups excluding carboxylic acids is 2. The summed E-state index contributed by atoms with van der Waals surface area (Å²) in [6.45, 7) is 5.82. The van der Waals surface area contributed by atoms with Gasteiger partial charge in [0.25, 0.3) is 5.91 Å². The third-order valence-corrected chi connectivity index (χ3v) is 4.78. The normalized spacial score (nSPS) is 15.4. The van der Waals surface area contributed by atoms with Crippen molar-refractivity contribution in [3.05, 3.63) is 65.7 Å². The molecule has 1 aliphatic rings. The van der Waals surface area contributed by atoms with Crippen LogP contribution in [-0.2, 0) is 5.54 Å². The molecular weight excluding hydrogens is 338 g/mol. The van der Waals surface area contributed by atoms with Crippen LogP contribution in [0, 0.1) is 0 Å². The van der Waals surface area contributed by atoms with Gasteiger partial charge in [-0.1, -0.05) is 30.3 Å². The zero-order chi connectivity index (χ0) is 19.5. The third kappa shape index (κ3) is 4.67. The molecule has 0 heterocycles. The van der Waals surface area contributed by atoms with E-state index in [1.165, 1.54) is 0 Å². The minimum absolute atomic E-state index is 0.129. The van der Waals surface area contributed by atoms with E-state index in [1.807, 2.05) is 39.0 Å². The van der Waals surface area contributed by atoms with E-state index < -0.39 is 0 Å². The second kappa shape index (κ2) is 7.43. The molecule has 2 aromatic rings. The van der Waals surface area contributed by atoms with Crippen LogP contribution >= 0.6 is 0 Å². The highest BCUT2D eigenvalue weighted by atomic mass is 16.2. The van der Waals surface area contributed by atoms with Gasteiger partial charge in [-0.05, 0) is 69.9 Å². The van der Waals surface area contributed by atoms with Crippen molar-refractivity contribution in [1.29, 1.82) is 0 Å². The topological polar surface area (TPSA) is 70.2 Å². The van der Waals surface area contributed by atoms with Crippen LogP contribution in [0.1, 0.15) is 56.0 Å². The van der Waals surface area contributed by atoms with Crippen LogP contribution in [0.5, 0.6) is 0 Å². The summed E-state index contributed by atoms with van der Waals surface area (Å²) in [6, 6.07) is 16.8. The number of nitrogens with one attached hydrogen (secondary N) is 3. The van der Waals surface area contributed by atoms with Crippen LogP contribution in [0.25, 0.3) is 0 Å². The minimum atomic E-state index is -0.289. The van der Waals surface area contributed by atoms with E-state index in [-0.39, 0.29) is 23.0 Å². The lowest BCUT2D eigenvalue weighted by molar-refractivity contribution is 0.0919. The molecule has 1 aliphatic carbocycles. The van der Waals surface area contributed by atoms with Crippen molar-refractivity contribution in [2.45, 2.75) is 51.1 Å². The maximum absolute atomic E-state index is 12.5. The molecule has 142 valence electrons. The van der Waals surface area contributed by atoms with E-state index >= 15 is 0 Å². The number of rotatable bonds is 4. The van der Waals surface area contributed by atoms with Crippen molar-refractivity contribution in [2.75, 3.05) is 5.32 Å². The number of hydrogen-bond donors (Lipinski definition) is 3. The first-order valence-corrected chi connectivity index (χ1v) is 9.35. The molecule has 5 nitrogen and oxygen atoms in total. The van der Waals surface area contributed by atoms with E-state index in [0.717, 1.165) is 24.8 Å². The average molecular weight is 365 g/mol. The second-order valence-corrected chi connectivity index (χ2v) is 8.16. The first-order chi connectivity index (χ1) is 12.8. The average Bonchev–Trinajstić information content (AvgIpc) is 2.58. The van der Waals surface area contributed by atoms with Gasteiger partial charge in [-0.2, -0.15) is 0 Å². The van der Waals surface area contributed by atoms with Gasteiger partial charge in [0.2, 0.25) is 0 Å². The zero-order valence-corrected chi connectivity index (χ0v) is 16.1. The zero-order valence-electron chi connectivity index (χ0n) is 16.1. The Morgan fingerprint density at radius 2 is 1.56 bits per heavy atom. The largest absolute Gasteiger partial charge is 0.347 e. The fourth-order valence-electron chi connectivity index (χ4n) is 3.27. The summed E-state index contributed by atoms with van der Waals surface area (Å²) in [5.74, 6) is -0.129. The lowest BCUT2D eigenvalue weighted by atomic mass is 9.72. The van der Waals surface area contributed by atoms with Crippen LogP contribution in [0.15, 0.2) is 54.6 Å². The van der Waals surface area contributed by atoms with Crippen molar-refractivity contribution >= 4 is 17.6 Å². The molecule has 0 saturated heterocycles. The SMILES string of the molecule is CC(C)(C)NC(=O)c1ccc(NC(=O)NC2(c3ccccc3)CCC2)cc1. The van der Waals surface area contributed by atoms with Crippen molar-refractivity contribution in [3.63, 3.8) is 0 Å². The number of urea groups is 1. The Hall–Kier alpha value is -2.82. The predicted octanol–water partition coefficient (Wildman–Crippen LogP) is 4.42. The Balaban J connectivity index is 1.62. The lowest BCUT2D eigenvalue weighted by Gasteiger charge is -2.43. The van der Waals surface area contributed by atoms with Crippen LogP contribution in [0.3, 0.4) is 0 Å². The van der Waals surface area contributed by atoms with Gasteiger partial charge in [0, 0.05) is 16.8 Å². The first-order valence-electron chi connectivity index (χ1n) is 9.35. The highest BCUT2D eigenvalue weighted by Crippen LogP contribution is 2.41. The van der Waals surface area contributed by atoms with Crippen molar-refractivity contribution in [2.24, 2.45) is 0 Å². The highest BCUT2D eigenvalue weighted by molar-refractivity contribution is 5.96. The van der Waals surface area contributed by atoms with Crippen LogP contribution in [0.2, 0.25) is 0 Å². The van der Waals surface area contributed by atoms with Crippen LogP contribution < -0.4 is 16.0 Å². The van der Waals surface area contributed by atoms with Gasteiger partial charge >= 0.3 is 6.03 Å². The number of amides is 3. The standard InChI is InChI=1S/C22H27N3O2/c1-21(2,3)24-19(26)16-10-12-18(13-11-16)23-20(27)25-22(14-7-15-22)17-8-5-4-6-9-17/h4-6,8-13H,7,14-15H2,1-3H3,(H,24,26)(H2,23,25,27). The summed E-state index contributed by atoms with van der Waals surface area (Å²) in [6.07, 6.45) is 2.99. The van der Waals surface area contributed by atoms with Crippen LogP contribution in [-0.4, -0.2) is 17.5 Å². The molecule has 3 rings (SSSR count).